The minimum Gasteiger partial charge on any atom is -0.361 e. The third-order valence-corrected chi connectivity index (χ3v) is 3.46. The number of aromatic amines is 1. The van der Waals surface area contributed by atoms with Crippen LogP contribution >= 0.6 is 0 Å². The van der Waals surface area contributed by atoms with E-state index in [4.69, 9.17) is 0 Å². The lowest BCUT2D eigenvalue weighted by Gasteiger charge is -2.32. The van der Waals surface area contributed by atoms with Crippen molar-refractivity contribution in [1.82, 2.24) is 15.2 Å². The van der Waals surface area contributed by atoms with E-state index in [0.717, 1.165) is 36.1 Å². The van der Waals surface area contributed by atoms with Gasteiger partial charge in [-0.1, -0.05) is 6.07 Å². The standard InChI is InChI=1S/C14H17N3O/c1-10-9-17(7-6-15-10)14(18)12-3-2-11-4-5-16-13(11)8-12/h2-5,8,10,15-16H,6-7,9H2,1H3/t10-/m0/s1. The van der Waals surface area contributed by atoms with Gasteiger partial charge in [-0.15, -0.1) is 0 Å². The molecule has 18 heavy (non-hydrogen) atoms. The Morgan fingerprint density at radius 3 is 3.11 bits per heavy atom. The molecule has 2 aromatic rings. The lowest BCUT2D eigenvalue weighted by atomic mass is 10.1. The minimum absolute atomic E-state index is 0.125. The van der Waals surface area contributed by atoms with Crippen molar-refractivity contribution in [1.29, 1.82) is 0 Å². The Morgan fingerprint density at radius 1 is 1.39 bits per heavy atom. The van der Waals surface area contributed by atoms with Crippen LogP contribution in [0.15, 0.2) is 30.5 Å². The summed E-state index contributed by atoms with van der Waals surface area (Å²) in [5, 5.41) is 4.48. The highest BCUT2D eigenvalue weighted by molar-refractivity contribution is 5.98. The minimum atomic E-state index is 0.125. The average molecular weight is 243 g/mol. The summed E-state index contributed by atoms with van der Waals surface area (Å²) in [7, 11) is 0. The molecule has 0 radical (unpaired) electrons. The van der Waals surface area contributed by atoms with Crippen LogP contribution in [0.5, 0.6) is 0 Å². The van der Waals surface area contributed by atoms with Crippen molar-refractivity contribution in [3.8, 4) is 0 Å². The number of fused-ring (bicyclic) bond motifs is 1. The van der Waals surface area contributed by atoms with Gasteiger partial charge in [-0.05, 0) is 30.5 Å². The number of hydrogen-bond donors (Lipinski definition) is 2. The average Bonchev–Trinajstić information content (AvgIpc) is 2.85. The zero-order chi connectivity index (χ0) is 12.5. The van der Waals surface area contributed by atoms with Crippen LogP contribution in [0.25, 0.3) is 10.9 Å². The smallest absolute Gasteiger partial charge is 0.254 e. The number of rotatable bonds is 1. The van der Waals surface area contributed by atoms with Crippen LogP contribution in [0.2, 0.25) is 0 Å². The van der Waals surface area contributed by atoms with Gasteiger partial charge in [-0.2, -0.15) is 0 Å². The van der Waals surface area contributed by atoms with Crippen LogP contribution in [0.3, 0.4) is 0 Å². The summed E-state index contributed by atoms with van der Waals surface area (Å²) < 4.78 is 0. The fourth-order valence-electron chi connectivity index (χ4n) is 2.48. The summed E-state index contributed by atoms with van der Waals surface area (Å²) in [5.41, 5.74) is 1.78. The van der Waals surface area contributed by atoms with Crippen LogP contribution in [-0.4, -0.2) is 41.5 Å². The zero-order valence-corrected chi connectivity index (χ0v) is 10.4. The number of carbonyl (C=O) groups is 1. The predicted octanol–water partition coefficient (Wildman–Crippen LogP) is 1.60. The molecule has 1 aliphatic heterocycles. The number of hydrogen-bond acceptors (Lipinski definition) is 2. The van der Waals surface area contributed by atoms with Gasteiger partial charge in [0.15, 0.2) is 0 Å². The third kappa shape index (κ3) is 1.99. The predicted molar refractivity (Wildman–Crippen MR) is 71.7 cm³/mol. The Labute approximate surface area is 106 Å². The molecule has 0 aliphatic carbocycles. The van der Waals surface area contributed by atoms with Crippen molar-refractivity contribution in [3.63, 3.8) is 0 Å². The first-order valence-corrected chi connectivity index (χ1v) is 6.34. The largest absolute Gasteiger partial charge is 0.361 e. The third-order valence-electron chi connectivity index (χ3n) is 3.46. The SMILES string of the molecule is C[C@H]1CN(C(=O)c2ccc3cc[nH]c3c2)CCN1. The first kappa shape index (κ1) is 11.3. The molecule has 2 heterocycles. The van der Waals surface area contributed by atoms with E-state index in [1.165, 1.54) is 0 Å². The number of nitrogens with zero attached hydrogens (tertiary/aromatic N) is 1. The van der Waals surface area contributed by atoms with E-state index in [9.17, 15) is 4.79 Å². The second kappa shape index (κ2) is 4.46. The summed E-state index contributed by atoms with van der Waals surface area (Å²) in [6.07, 6.45) is 1.89. The van der Waals surface area contributed by atoms with Crippen molar-refractivity contribution < 1.29 is 4.79 Å². The van der Waals surface area contributed by atoms with E-state index in [1.807, 2.05) is 35.4 Å². The van der Waals surface area contributed by atoms with Crippen molar-refractivity contribution in [2.24, 2.45) is 0 Å². The first-order valence-electron chi connectivity index (χ1n) is 6.34. The highest BCUT2D eigenvalue weighted by atomic mass is 16.2. The lowest BCUT2D eigenvalue weighted by molar-refractivity contribution is 0.0709. The van der Waals surface area contributed by atoms with E-state index in [0.29, 0.717) is 6.04 Å². The number of aromatic nitrogens is 1. The molecule has 1 amide bonds. The fraction of sp³-hybridized carbons (Fsp3) is 0.357. The van der Waals surface area contributed by atoms with Crippen molar-refractivity contribution in [2.75, 3.05) is 19.6 Å². The van der Waals surface area contributed by atoms with Crippen LogP contribution < -0.4 is 5.32 Å². The number of carbonyl (C=O) groups excluding carboxylic acids is 1. The van der Waals surface area contributed by atoms with Crippen molar-refractivity contribution >= 4 is 16.8 Å². The van der Waals surface area contributed by atoms with E-state index < -0.39 is 0 Å². The van der Waals surface area contributed by atoms with E-state index >= 15 is 0 Å². The fourth-order valence-corrected chi connectivity index (χ4v) is 2.48. The van der Waals surface area contributed by atoms with Crippen LogP contribution in [0, 0.1) is 0 Å². The van der Waals surface area contributed by atoms with Gasteiger partial charge in [-0.3, -0.25) is 4.79 Å². The maximum absolute atomic E-state index is 12.4. The molecule has 94 valence electrons. The second-order valence-electron chi connectivity index (χ2n) is 4.89. The van der Waals surface area contributed by atoms with Gasteiger partial charge >= 0.3 is 0 Å². The highest BCUT2D eigenvalue weighted by Crippen LogP contribution is 2.16. The normalized spacial score (nSPS) is 20.3. The van der Waals surface area contributed by atoms with Gasteiger partial charge in [0.05, 0.1) is 0 Å². The molecular formula is C14H17N3O. The molecule has 4 heteroatoms. The van der Waals surface area contributed by atoms with E-state index in [1.54, 1.807) is 0 Å². The number of benzene rings is 1. The Balaban J connectivity index is 1.86. The van der Waals surface area contributed by atoms with Crippen LogP contribution in [0.1, 0.15) is 17.3 Å². The molecule has 1 aromatic heterocycles. The summed E-state index contributed by atoms with van der Waals surface area (Å²) in [4.78, 5) is 17.5. The van der Waals surface area contributed by atoms with Crippen LogP contribution in [-0.2, 0) is 0 Å². The van der Waals surface area contributed by atoms with E-state index in [2.05, 4.69) is 17.2 Å². The molecule has 0 saturated carbocycles. The Morgan fingerprint density at radius 2 is 2.28 bits per heavy atom. The van der Waals surface area contributed by atoms with Crippen LogP contribution in [0.4, 0.5) is 0 Å². The zero-order valence-electron chi connectivity index (χ0n) is 10.4. The molecule has 0 unspecified atom stereocenters. The van der Waals surface area contributed by atoms with Gasteiger partial charge < -0.3 is 15.2 Å². The maximum Gasteiger partial charge on any atom is 0.254 e. The molecule has 1 saturated heterocycles. The molecule has 1 aliphatic rings. The van der Waals surface area contributed by atoms with Crippen molar-refractivity contribution in [2.45, 2.75) is 13.0 Å². The Kier molecular flexibility index (Phi) is 2.80. The van der Waals surface area contributed by atoms with Gasteiger partial charge in [0.1, 0.15) is 0 Å². The monoisotopic (exact) mass is 243 g/mol. The molecule has 0 spiro atoms. The number of nitrogens with one attached hydrogen (secondary N) is 2. The molecule has 1 aromatic carbocycles. The summed E-state index contributed by atoms with van der Waals surface area (Å²) in [6.45, 7) is 4.54. The number of piperazine rings is 1. The quantitative estimate of drug-likeness (QED) is 0.799. The highest BCUT2D eigenvalue weighted by Gasteiger charge is 2.21. The molecular weight excluding hydrogens is 226 g/mol. The summed E-state index contributed by atoms with van der Waals surface area (Å²) in [6, 6.07) is 8.22. The molecule has 0 bridgehead atoms. The first-order chi connectivity index (χ1) is 8.74. The summed E-state index contributed by atoms with van der Waals surface area (Å²) >= 11 is 0. The molecule has 2 N–H and O–H groups in total. The maximum atomic E-state index is 12.4. The number of amides is 1. The van der Waals surface area contributed by atoms with Gasteiger partial charge in [-0.25, -0.2) is 0 Å². The van der Waals surface area contributed by atoms with E-state index in [-0.39, 0.29) is 5.91 Å². The lowest BCUT2D eigenvalue weighted by Crippen LogP contribution is -2.51. The molecule has 1 atom stereocenters. The Hall–Kier alpha value is -1.81. The topological polar surface area (TPSA) is 48.1 Å². The van der Waals surface area contributed by atoms with Gasteiger partial charge in [0.25, 0.3) is 5.91 Å². The second-order valence-corrected chi connectivity index (χ2v) is 4.89. The molecule has 1 fully saturated rings. The molecule has 4 nitrogen and oxygen atoms in total. The summed E-state index contributed by atoms with van der Waals surface area (Å²) in [5.74, 6) is 0.125. The number of H-pyrrole nitrogens is 1. The Bertz CT molecular complexity index is 575. The van der Waals surface area contributed by atoms with Gasteiger partial charge in [0.2, 0.25) is 0 Å². The molecule has 3 rings (SSSR count). The van der Waals surface area contributed by atoms with Crippen molar-refractivity contribution in [3.05, 3.63) is 36.0 Å². The van der Waals surface area contributed by atoms with Gasteiger partial charge in [0, 0.05) is 43.0 Å².